The number of nitrogen functional groups attached to an aromatic ring is 1. The molecule has 1 aromatic carbocycles. The predicted molar refractivity (Wildman–Crippen MR) is 40.5 cm³/mol. The van der Waals surface area contributed by atoms with E-state index in [1.165, 1.54) is 12.1 Å². The molecule has 0 saturated heterocycles. The second-order valence-corrected chi connectivity index (χ2v) is 2.45. The minimum absolute atomic E-state index is 0.0204. The number of hydrogen-bond acceptors (Lipinski definition) is 1. The molecule has 0 aliphatic carbocycles. The van der Waals surface area contributed by atoms with Crippen LogP contribution >= 0.6 is 0 Å². The molecule has 0 saturated carbocycles. The molecule has 1 nitrogen and oxygen atoms in total. The van der Waals surface area contributed by atoms with Gasteiger partial charge in [-0.25, -0.2) is 13.2 Å². The van der Waals surface area contributed by atoms with Gasteiger partial charge in [0.05, 0.1) is 5.69 Å². The fourth-order valence-electron chi connectivity index (χ4n) is 0.876. The third kappa shape index (κ3) is 2.15. The van der Waals surface area contributed by atoms with Crippen LogP contribution in [0.3, 0.4) is 0 Å². The fourth-order valence-corrected chi connectivity index (χ4v) is 0.876. The SMILES string of the molecule is Nc1ccc(CC(F)F)cc1F. The Morgan fingerprint density at radius 2 is 2.00 bits per heavy atom. The van der Waals surface area contributed by atoms with Crippen molar-refractivity contribution in [3.63, 3.8) is 0 Å². The Hall–Kier alpha value is -1.19. The average molecular weight is 175 g/mol. The molecular formula is C8H8F3N. The first-order valence-corrected chi connectivity index (χ1v) is 3.41. The monoisotopic (exact) mass is 175 g/mol. The Kier molecular flexibility index (Phi) is 2.58. The molecule has 0 spiro atoms. The van der Waals surface area contributed by atoms with Crippen LogP contribution in [0.5, 0.6) is 0 Å². The average Bonchev–Trinajstić information content (AvgIpc) is 1.96. The van der Waals surface area contributed by atoms with Crippen LogP contribution in [0.4, 0.5) is 18.9 Å². The van der Waals surface area contributed by atoms with Gasteiger partial charge in [0.2, 0.25) is 6.43 Å². The summed E-state index contributed by atoms with van der Waals surface area (Å²) >= 11 is 0. The van der Waals surface area contributed by atoms with Crippen molar-refractivity contribution in [2.45, 2.75) is 12.8 Å². The Bertz CT molecular complexity index is 273. The topological polar surface area (TPSA) is 26.0 Å². The van der Waals surface area contributed by atoms with Crippen LogP contribution in [0.25, 0.3) is 0 Å². The van der Waals surface area contributed by atoms with Crippen molar-refractivity contribution in [3.05, 3.63) is 29.6 Å². The van der Waals surface area contributed by atoms with Gasteiger partial charge < -0.3 is 5.73 Å². The Labute approximate surface area is 68.0 Å². The van der Waals surface area contributed by atoms with E-state index in [0.717, 1.165) is 6.07 Å². The molecule has 0 radical (unpaired) electrons. The minimum Gasteiger partial charge on any atom is -0.396 e. The zero-order chi connectivity index (χ0) is 9.14. The molecule has 0 heterocycles. The van der Waals surface area contributed by atoms with Crippen molar-refractivity contribution in [1.82, 2.24) is 0 Å². The van der Waals surface area contributed by atoms with Gasteiger partial charge in [-0.05, 0) is 17.7 Å². The molecule has 0 fully saturated rings. The summed E-state index contributed by atoms with van der Waals surface area (Å²) in [5, 5.41) is 0. The van der Waals surface area contributed by atoms with E-state index in [-0.39, 0.29) is 11.3 Å². The lowest BCUT2D eigenvalue weighted by Gasteiger charge is -2.01. The van der Waals surface area contributed by atoms with E-state index < -0.39 is 18.7 Å². The van der Waals surface area contributed by atoms with Crippen LogP contribution in [-0.4, -0.2) is 6.43 Å². The van der Waals surface area contributed by atoms with E-state index >= 15 is 0 Å². The summed E-state index contributed by atoms with van der Waals surface area (Å²) in [5.41, 5.74) is 5.40. The number of halogens is 3. The van der Waals surface area contributed by atoms with Gasteiger partial charge in [-0.1, -0.05) is 6.07 Å². The van der Waals surface area contributed by atoms with Gasteiger partial charge in [-0.2, -0.15) is 0 Å². The smallest absolute Gasteiger partial charge is 0.242 e. The predicted octanol–water partition coefficient (Wildman–Crippen LogP) is 2.22. The van der Waals surface area contributed by atoms with Crippen molar-refractivity contribution in [2.24, 2.45) is 0 Å². The normalized spacial score (nSPS) is 10.7. The first-order valence-electron chi connectivity index (χ1n) is 3.41. The quantitative estimate of drug-likeness (QED) is 0.685. The number of benzene rings is 1. The van der Waals surface area contributed by atoms with Crippen molar-refractivity contribution in [3.8, 4) is 0 Å². The molecular weight excluding hydrogens is 167 g/mol. The molecule has 0 amide bonds. The maximum atomic E-state index is 12.7. The number of anilines is 1. The molecule has 0 bridgehead atoms. The van der Waals surface area contributed by atoms with Crippen molar-refractivity contribution >= 4 is 5.69 Å². The Morgan fingerprint density at radius 1 is 1.33 bits per heavy atom. The largest absolute Gasteiger partial charge is 0.396 e. The van der Waals surface area contributed by atoms with Crippen LogP contribution in [0.2, 0.25) is 0 Å². The molecule has 4 heteroatoms. The molecule has 0 aliphatic heterocycles. The van der Waals surface area contributed by atoms with Crippen LogP contribution in [-0.2, 0) is 6.42 Å². The number of rotatable bonds is 2. The lowest BCUT2D eigenvalue weighted by atomic mass is 10.1. The number of nitrogens with two attached hydrogens (primary N) is 1. The highest BCUT2D eigenvalue weighted by molar-refractivity contribution is 5.41. The highest BCUT2D eigenvalue weighted by Crippen LogP contribution is 2.14. The summed E-state index contributed by atoms with van der Waals surface area (Å²) in [7, 11) is 0. The molecule has 66 valence electrons. The van der Waals surface area contributed by atoms with E-state index in [1.54, 1.807) is 0 Å². The lowest BCUT2D eigenvalue weighted by molar-refractivity contribution is 0.149. The van der Waals surface area contributed by atoms with Gasteiger partial charge >= 0.3 is 0 Å². The summed E-state index contributed by atoms with van der Waals surface area (Å²) < 4.78 is 36.3. The third-order valence-corrected chi connectivity index (χ3v) is 1.45. The highest BCUT2D eigenvalue weighted by Gasteiger charge is 2.06. The lowest BCUT2D eigenvalue weighted by Crippen LogP contribution is -1.98. The third-order valence-electron chi connectivity index (χ3n) is 1.45. The molecule has 2 N–H and O–H groups in total. The second kappa shape index (κ2) is 3.47. The summed E-state index contributed by atoms with van der Waals surface area (Å²) in [6, 6.07) is 3.71. The molecule has 0 aromatic heterocycles. The molecule has 12 heavy (non-hydrogen) atoms. The van der Waals surface area contributed by atoms with Crippen LogP contribution < -0.4 is 5.73 Å². The second-order valence-electron chi connectivity index (χ2n) is 2.45. The summed E-state index contributed by atoms with van der Waals surface area (Å²) in [4.78, 5) is 0. The fraction of sp³-hybridized carbons (Fsp3) is 0.250. The van der Waals surface area contributed by atoms with Gasteiger partial charge in [0.1, 0.15) is 5.82 Å². The van der Waals surface area contributed by atoms with Gasteiger partial charge in [-0.15, -0.1) is 0 Å². The van der Waals surface area contributed by atoms with Crippen molar-refractivity contribution < 1.29 is 13.2 Å². The first kappa shape index (κ1) is 8.90. The van der Waals surface area contributed by atoms with Crippen LogP contribution in [0.1, 0.15) is 5.56 Å². The van der Waals surface area contributed by atoms with E-state index in [9.17, 15) is 13.2 Å². The van der Waals surface area contributed by atoms with Gasteiger partial charge in [-0.3, -0.25) is 0 Å². The molecule has 1 aromatic rings. The summed E-state index contributed by atoms with van der Waals surface area (Å²) in [5.74, 6) is -0.645. The van der Waals surface area contributed by atoms with Gasteiger partial charge in [0.15, 0.2) is 0 Å². The Morgan fingerprint density at radius 3 is 2.50 bits per heavy atom. The van der Waals surface area contributed by atoms with E-state index in [4.69, 9.17) is 5.73 Å². The molecule has 0 unspecified atom stereocenters. The van der Waals surface area contributed by atoms with Crippen LogP contribution in [0.15, 0.2) is 18.2 Å². The van der Waals surface area contributed by atoms with Gasteiger partial charge in [0.25, 0.3) is 0 Å². The zero-order valence-electron chi connectivity index (χ0n) is 6.23. The number of hydrogen-bond donors (Lipinski definition) is 1. The van der Waals surface area contributed by atoms with E-state index in [0.29, 0.717) is 0 Å². The Balaban J connectivity index is 2.82. The maximum Gasteiger partial charge on any atom is 0.242 e. The van der Waals surface area contributed by atoms with Gasteiger partial charge in [0, 0.05) is 6.42 Å². The molecule has 0 aliphatic rings. The highest BCUT2D eigenvalue weighted by atomic mass is 19.3. The number of alkyl halides is 2. The zero-order valence-corrected chi connectivity index (χ0v) is 6.23. The van der Waals surface area contributed by atoms with E-state index in [2.05, 4.69) is 0 Å². The maximum absolute atomic E-state index is 12.7. The first-order chi connectivity index (χ1) is 5.59. The van der Waals surface area contributed by atoms with E-state index in [1.807, 2.05) is 0 Å². The van der Waals surface area contributed by atoms with Crippen molar-refractivity contribution in [1.29, 1.82) is 0 Å². The standard InChI is InChI=1S/C8H8F3N/c9-6-3-5(4-8(10)11)1-2-7(6)12/h1-3,8H,4,12H2. The summed E-state index contributed by atoms with van der Waals surface area (Å²) in [6.07, 6.45) is -2.88. The minimum atomic E-state index is -2.45. The molecule has 0 atom stereocenters. The van der Waals surface area contributed by atoms with Crippen LogP contribution in [0, 0.1) is 5.82 Å². The summed E-state index contributed by atoms with van der Waals surface area (Å²) in [6.45, 7) is 0. The molecule has 1 rings (SSSR count). The van der Waals surface area contributed by atoms with Crippen molar-refractivity contribution in [2.75, 3.05) is 5.73 Å².